The molecule has 4 aromatic rings. The molecule has 4 N–H and O–H groups in total. The Morgan fingerprint density at radius 3 is 2.41 bits per heavy atom. The van der Waals surface area contributed by atoms with Gasteiger partial charge in [0.1, 0.15) is 28.5 Å². The van der Waals surface area contributed by atoms with Crippen molar-refractivity contribution in [1.82, 2.24) is 0 Å². The summed E-state index contributed by atoms with van der Waals surface area (Å²) in [5, 5.41) is 19.5. The van der Waals surface area contributed by atoms with Crippen molar-refractivity contribution in [2.45, 2.75) is 18.4 Å². The summed E-state index contributed by atoms with van der Waals surface area (Å²) in [7, 11) is 0. The highest BCUT2D eigenvalue weighted by Gasteiger charge is 2.22. The number of hydrogen-bond acceptors (Lipinski definition) is 6. The molecule has 0 bridgehead atoms. The smallest absolute Gasteiger partial charge is 0.200 e. The van der Waals surface area contributed by atoms with Gasteiger partial charge in [-0.1, -0.05) is 17.7 Å². The first-order valence-corrected chi connectivity index (χ1v) is 10.3. The standard InChI is InChI=1S/C24H21ClFNO5/c25-19-10-15(3-5-20(19)26)31-16-2-4-17-22(11-16)32-21-6-1-14(9-18(21)23(17)30)7-8-24(27,12-28)13-29/h1-6,9-11,28-29H,7-8,12-13,27H2. The van der Waals surface area contributed by atoms with Crippen molar-refractivity contribution in [2.24, 2.45) is 5.73 Å². The van der Waals surface area contributed by atoms with Gasteiger partial charge in [-0.15, -0.1) is 0 Å². The second-order valence-electron chi connectivity index (χ2n) is 7.78. The molecule has 0 radical (unpaired) electrons. The van der Waals surface area contributed by atoms with E-state index in [2.05, 4.69) is 0 Å². The zero-order chi connectivity index (χ0) is 22.9. The molecule has 0 unspecified atom stereocenters. The number of halogens is 2. The molecular weight excluding hydrogens is 437 g/mol. The molecule has 6 nitrogen and oxygen atoms in total. The minimum atomic E-state index is -1.08. The van der Waals surface area contributed by atoms with Gasteiger partial charge in [-0.2, -0.15) is 0 Å². The average molecular weight is 458 g/mol. The number of benzene rings is 3. The Hall–Kier alpha value is -2.97. The second-order valence-corrected chi connectivity index (χ2v) is 8.18. The normalized spacial score (nSPS) is 11.9. The summed E-state index contributed by atoms with van der Waals surface area (Å²) in [6.07, 6.45) is 0.844. The molecule has 1 heterocycles. The highest BCUT2D eigenvalue weighted by Crippen LogP contribution is 2.29. The molecule has 0 spiro atoms. The molecule has 0 aliphatic rings. The van der Waals surface area contributed by atoms with E-state index >= 15 is 0 Å². The van der Waals surface area contributed by atoms with Crippen LogP contribution in [-0.2, 0) is 6.42 Å². The van der Waals surface area contributed by atoms with E-state index in [-0.39, 0.29) is 23.7 Å². The summed E-state index contributed by atoms with van der Waals surface area (Å²) in [5.41, 5.74) is 6.27. The van der Waals surface area contributed by atoms with E-state index in [1.807, 2.05) is 6.07 Å². The number of ether oxygens (including phenoxy) is 1. The molecule has 0 saturated heterocycles. The van der Waals surface area contributed by atoms with E-state index in [9.17, 15) is 19.4 Å². The molecule has 8 heteroatoms. The maximum Gasteiger partial charge on any atom is 0.200 e. The number of hydrogen-bond donors (Lipinski definition) is 3. The molecule has 1 aromatic heterocycles. The topological polar surface area (TPSA) is 106 Å². The van der Waals surface area contributed by atoms with Crippen LogP contribution in [0.5, 0.6) is 11.5 Å². The van der Waals surface area contributed by atoms with Crippen molar-refractivity contribution in [3.63, 3.8) is 0 Å². The molecule has 3 aromatic carbocycles. The Bertz CT molecular complexity index is 1350. The van der Waals surface area contributed by atoms with Gasteiger partial charge in [0, 0.05) is 12.1 Å². The van der Waals surface area contributed by atoms with Gasteiger partial charge >= 0.3 is 0 Å². The fraction of sp³-hybridized carbons (Fsp3) is 0.208. The van der Waals surface area contributed by atoms with Crippen molar-refractivity contribution in [3.05, 3.63) is 81.2 Å². The van der Waals surface area contributed by atoms with Crippen LogP contribution in [0.4, 0.5) is 4.39 Å². The second kappa shape index (κ2) is 8.88. The van der Waals surface area contributed by atoms with Crippen LogP contribution < -0.4 is 15.9 Å². The van der Waals surface area contributed by atoms with Crippen molar-refractivity contribution < 1.29 is 23.8 Å². The van der Waals surface area contributed by atoms with E-state index in [4.69, 9.17) is 26.5 Å². The maximum absolute atomic E-state index is 13.3. The predicted molar refractivity (Wildman–Crippen MR) is 121 cm³/mol. The molecule has 0 aliphatic heterocycles. The molecule has 166 valence electrons. The highest BCUT2D eigenvalue weighted by atomic mass is 35.5. The lowest BCUT2D eigenvalue weighted by Crippen LogP contribution is -2.47. The van der Waals surface area contributed by atoms with E-state index in [1.54, 1.807) is 30.3 Å². The SMILES string of the molecule is NC(CO)(CO)CCc1ccc2oc3cc(Oc4ccc(F)c(Cl)c4)ccc3c(=O)c2c1. The van der Waals surface area contributed by atoms with Gasteiger partial charge in [0.15, 0.2) is 0 Å². The van der Waals surface area contributed by atoms with Gasteiger partial charge in [-0.05, 0) is 54.8 Å². The third-order valence-electron chi connectivity index (χ3n) is 5.37. The van der Waals surface area contributed by atoms with E-state index in [0.29, 0.717) is 46.3 Å². The minimum absolute atomic E-state index is 0.0542. The van der Waals surface area contributed by atoms with E-state index in [0.717, 1.165) is 5.56 Å². The van der Waals surface area contributed by atoms with Crippen molar-refractivity contribution in [2.75, 3.05) is 13.2 Å². The Balaban J connectivity index is 1.65. The largest absolute Gasteiger partial charge is 0.457 e. The molecule has 0 fully saturated rings. The van der Waals surface area contributed by atoms with Gasteiger partial charge < -0.3 is 25.1 Å². The Morgan fingerprint density at radius 2 is 1.69 bits per heavy atom. The van der Waals surface area contributed by atoms with Crippen LogP contribution in [-0.4, -0.2) is 29.0 Å². The van der Waals surface area contributed by atoms with Crippen LogP contribution in [0.2, 0.25) is 5.02 Å². The van der Waals surface area contributed by atoms with Gasteiger partial charge in [0.2, 0.25) is 5.43 Å². The number of aliphatic hydroxyl groups is 2. The number of rotatable bonds is 7. The Kier molecular flexibility index (Phi) is 6.17. The monoisotopic (exact) mass is 457 g/mol. The van der Waals surface area contributed by atoms with Crippen LogP contribution in [0.1, 0.15) is 12.0 Å². The average Bonchev–Trinajstić information content (AvgIpc) is 2.80. The van der Waals surface area contributed by atoms with Crippen molar-refractivity contribution >= 4 is 33.5 Å². The molecule has 0 saturated carbocycles. The predicted octanol–water partition coefficient (Wildman–Crippen LogP) is 4.15. The van der Waals surface area contributed by atoms with Crippen molar-refractivity contribution in [1.29, 1.82) is 0 Å². The molecule has 32 heavy (non-hydrogen) atoms. The number of aliphatic hydroxyl groups excluding tert-OH is 2. The summed E-state index contributed by atoms with van der Waals surface area (Å²) in [5.74, 6) is 0.219. The van der Waals surface area contributed by atoms with Crippen molar-refractivity contribution in [3.8, 4) is 11.5 Å². The summed E-state index contributed by atoms with van der Waals surface area (Å²) in [6, 6.07) is 14.1. The molecule has 0 aliphatic carbocycles. The lowest BCUT2D eigenvalue weighted by molar-refractivity contribution is 0.115. The van der Waals surface area contributed by atoms with Crippen LogP contribution in [0, 0.1) is 5.82 Å². The zero-order valence-electron chi connectivity index (χ0n) is 17.0. The summed E-state index contributed by atoms with van der Waals surface area (Å²) in [6.45, 7) is -0.670. The van der Waals surface area contributed by atoms with Gasteiger partial charge in [0.05, 0.1) is 34.5 Å². The first kappa shape index (κ1) is 22.2. The fourth-order valence-electron chi connectivity index (χ4n) is 3.38. The number of aryl methyl sites for hydroxylation is 1. The zero-order valence-corrected chi connectivity index (χ0v) is 17.7. The highest BCUT2D eigenvalue weighted by molar-refractivity contribution is 6.30. The first-order chi connectivity index (χ1) is 15.3. The third kappa shape index (κ3) is 4.47. The number of fused-ring (bicyclic) bond motifs is 2. The quantitative estimate of drug-likeness (QED) is 0.360. The van der Waals surface area contributed by atoms with Crippen LogP contribution in [0.3, 0.4) is 0 Å². The summed E-state index contributed by atoms with van der Waals surface area (Å²) in [4.78, 5) is 13.0. The Labute approximate surface area is 187 Å². The number of nitrogens with two attached hydrogens (primary N) is 1. The fourth-order valence-corrected chi connectivity index (χ4v) is 3.55. The first-order valence-electron chi connectivity index (χ1n) is 9.95. The van der Waals surface area contributed by atoms with Gasteiger partial charge in [0.25, 0.3) is 0 Å². The lowest BCUT2D eigenvalue weighted by Gasteiger charge is -2.24. The summed E-state index contributed by atoms with van der Waals surface area (Å²) < 4.78 is 25.0. The third-order valence-corrected chi connectivity index (χ3v) is 5.66. The van der Waals surface area contributed by atoms with Crippen LogP contribution >= 0.6 is 11.6 Å². The van der Waals surface area contributed by atoms with Crippen LogP contribution in [0.25, 0.3) is 21.9 Å². The molecule has 0 amide bonds. The van der Waals surface area contributed by atoms with E-state index < -0.39 is 11.4 Å². The van der Waals surface area contributed by atoms with Crippen LogP contribution in [0.15, 0.2) is 63.8 Å². The lowest BCUT2D eigenvalue weighted by atomic mass is 9.93. The molecule has 4 rings (SSSR count). The minimum Gasteiger partial charge on any atom is -0.457 e. The van der Waals surface area contributed by atoms with E-state index in [1.165, 1.54) is 18.2 Å². The molecule has 0 atom stereocenters. The summed E-state index contributed by atoms with van der Waals surface area (Å²) >= 11 is 5.79. The molecular formula is C24H21ClFNO5. The van der Waals surface area contributed by atoms with Gasteiger partial charge in [-0.25, -0.2) is 4.39 Å². The Morgan fingerprint density at radius 1 is 0.969 bits per heavy atom. The van der Waals surface area contributed by atoms with Gasteiger partial charge in [-0.3, -0.25) is 4.79 Å². The maximum atomic E-state index is 13.3.